The van der Waals surface area contributed by atoms with Crippen LogP contribution in [0.2, 0.25) is 0 Å². The fraction of sp³-hybridized carbons (Fsp3) is 0.421. The highest BCUT2D eigenvalue weighted by molar-refractivity contribution is 5.88. The van der Waals surface area contributed by atoms with E-state index >= 15 is 0 Å². The molecule has 3 rings (SSSR count). The largest absolute Gasteiger partial charge is 0.497 e. The lowest BCUT2D eigenvalue weighted by atomic mass is 10.2. The van der Waals surface area contributed by atoms with E-state index in [2.05, 4.69) is 26.5 Å². The zero-order valence-electron chi connectivity index (χ0n) is 15.9. The van der Waals surface area contributed by atoms with Gasteiger partial charge in [-0.1, -0.05) is 6.07 Å². The van der Waals surface area contributed by atoms with Crippen LogP contribution >= 0.6 is 0 Å². The van der Waals surface area contributed by atoms with E-state index in [-0.39, 0.29) is 12.1 Å². The zero-order chi connectivity index (χ0) is 19.2. The second-order valence-corrected chi connectivity index (χ2v) is 6.53. The molecular formula is C19H25N5O3. The highest BCUT2D eigenvalue weighted by atomic mass is 16.5. The molecule has 1 aromatic carbocycles. The number of aromatic nitrogens is 2. The monoisotopic (exact) mass is 371 g/mol. The van der Waals surface area contributed by atoms with Gasteiger partial charge in [0, 0.05) is 44.0 Å². The summed E-state index contributed by atoms with van der Waals surface area (Å²) in [5.41, 5.74) is 1.10. The Morgan fingerprint density at radius 2 is 1.89 bits per heavy atom. The number of hydrogen-bond acceptors (Lipinski definition) is 6. The number of nitrogens with one attached hydrogen (secondary N) is 1. The number of urea groups is 1. The number of methoxy groups -OCH3 is 1. The van der Waals surface area contributed by atoms with E-state index in [1.54, 1.807) is 24.1 Å². The average molecular weight is 371 g/mol. The van der Waals surface area contributed by atoms with Gasteiger partial charge in [-0.25, -0.2) is 4.79 Å². The molecule has 27 heavy (non-hydrogen) atoms. The summed E-state index contributed by atoms with van der Waals surface area (Å²) in [5.74, 6) is 1.68. The van der Waals surface area contributed by atoms with Gasteiger partial charge in [-0.3, -0.25) is 5.32 Å². The Morgan fingerprint density at radius 1 is 1.11 bits per heavy atom. The maximum Gasteiger partial charge on any atom is 0.323 e. The Hall–Kier alpha value is -3.03. The van der Waals surface area contributed by atoms with Crippen molar-refractivity contribution < 1.29 is 14.3 Å². The van der Waals surface area contributed by atoms with Gasteiger partial charge in [-0.2, -0.15) is 0 Å². The van der Waals surface area contributed by atoms with Crippen molar-refractivity contribution in [1.29, 1.82) is 0 Å². The highest BCUT2D eigenvalue weighted by Crippen LogP contribution is 2.22. The number of rotatable bonds is 5. The molecule has 8 heteroatoms. The van der Waals surface area contributed by atoms with Gasteiger partial charge in [0.25, 0.3) is 0 Å². The van der Waals surface area contributed by atoms with Crippen molar-refractivity contribution in [2.24, 2.45) is 0 Å². The zero-order valence-corrected chi connectivity index (χ0v) is 15.9. The molecule has 1 saturated heterocycles. The van der Waals surface area contributed by atoms with Crippen molar-refractivity contribution in [3.8, 4) is 11.6 Å². The number of carbonyl (C=O) groups excluding carboxylic acids is 1. The fourth-order valence-electron chi connectivity index (χ4n) is 2.85. The smallest absolute Gasteiger partial charge is 0.323 e. The molecule has 0 unspecified atom stereocenters. The van der Waals surface area contributed by atoms with Crippen LogP contribution in [-0.4, -0.2) is 60.5 Å². The SMILES string of the molecule is COc1cccc(N2CCN(C(=O)Nc3ccc(OC(C)C)nn3)CC2)c1. The Kier molecular flexibility index (Phi) is 5.95. The van der Waals surface area contributed by atoms with Gasteiger partial charge in [0.2, 0.25) is 5.88 Å². The first-order chi connectivity index (χ1) is 13.0. The predicted octanol–water partition coefficient (Wildman–Crippen LogP) is 2.63. The summed E-state index contributed by atoms with van der Waals surface area (Å²) in [6.07, 6.45) is 0.0284. The summed E-state index contributed by atoms with van der Waals surface area (Å²) >= 11 is 0. The third-order valence-corrected chi connectivity index (χ3v) is 4.22. The van der Waals surface area contributed by atoms with Crippen molar-refractivity contribution in [3.63, 3.8) is 0 Å². The Labute approximate surface area is 159 Å². The van der Waals surface area contributed by atoms with Crippen molar-refractivity contribution in [3.05, 3.63) is 36.4 Å². The Bertz CT molecular complexity index is 758. The maximum absolute atomic E-state index is 12.5. The molecule has 1 aromatic heterocycles. The molecule has 0 aliphatic carbocycles. The van der Waals surface area contributed by atoms with Gasteiger partial charge in [0.15, 0.2) is 5.82 Å². The topological polar surface area (TPSA) is 79.8 Å². The van der Waals surface area contributed by atoms with Crippen LogP contribution in [0.5, 0.6) is 11.6 Å². The molecule has 0 bridgehead atoms. The van der Waals surface area contributed by atoms with Crippen LogP contribution in [0.4, 0.5) is 16.3 Å². The first-order valence-electron chi connectivity index (χ1n) is 9.00. The van der Waals surface area contributed by atoms with E-state index in [0.29, 0.717) is 24.8 Å². The van der Waals surface area contributed by atoms with E-state index in [1.165, 1.54) is 0 Å². The third kappa shape index (κ3) is 4.99. The molecule has 1 N–H and O–H groups in total. The molecule has 144 valence electrons. The van der Waals surface area contributed by atoms with Crippen LogP contribution in [0.25, 0.3) is 0 Å². The second-order valence-electron chi connectivity index (χ2n) is 6.53. The molecule has 0 radical (unpaired) electrons. The quantitative estimate of drug-likeness (QED) is 0.870. The van der Waals surface area contributed by atoms with E-state index in [1.807, 2.05) is 32.0 Å². The summed E-state index contributed by atoms with van der Waals surface area (Å²) in [4.78, 5) is 16.5. The summed E-state index contributed by atoms with van der Waals surface area (Å²) in [6, 6.07) is 11.2. The van der Waals surface area contributed by atoms with E-state index in [4.69, 9.17) is 9.47 Å². The van der Waals surface area contributed by atoms with Gasteiger partial charge in [0.05, 0.1) is 13.2 Å². The number of anilines is 2. The van der Waals surface area contributed by atoms with Crippen LogP contribution < -0.4 is 19.7 Å². The minimum absolute atomic E-state index is 0.0284. The number of piperazine rings is 1. The molecule has 0 spiro atoms. The van der Waals surface area contributed by atoms with Crippen molar-refractivity contribution in [1.82, 2.24) is 15.1 Å². The molecule has 1 fully saturated rings. The number of benzene rings is 1. The van der Waals surface area contributed by atoms with Crippen LogP contribution in [0.1, 0.15) is 13.8 Å². The lowest BCUT2D eigenvalue weighted by Gasteiger charge is -2.36. The minimum atomic E-state index is -0.174. The standard InChI is InChI=1S/C19H25N5O3/c1-14(2)27-18-8-7-17(21-22-18)20-19(25)24-11-9-23(10-12-24)15-5-4-6-16(13-15)26-3/h4-8,13-14H,9-12H2,1-3H3,(H,20,21,25). The van der Waals surface area contributed by atoms with Crippen molar-refractivity contribution >= 4 is 17.5 Å². The molecule has 1 aliphatic rings. The normalized spacial score (nSPS) is 14.2. The van der Waals surface area contributed by atoms with Crippen LogP contribution in [-0.2, 0) is 0 Å². The number of nitrogens with zero attached hydrogens (tertiary/aromatic N) is 4. The first-order valence-corrected chi connectivity index (χ1v) is 9.00. The number of amides is 2. The Morgan fingerprint density at radius 3 is 2.52 bits per heavy atom. The number of hydrogen-bond donors (Lipinski definition) is 1. The molecule has 2 amide bonds. The van der Waals surface area contributed by atoms with Crippen LogP contribution in [0.15, 0.2) is 36.4 Å². The molecule has 0 saturated carbocycles. The summed E-state index contributed by atoms with van der Waals surface area (Å²) in [6.45, 7) is 6.61. The molecular weight excluding hydrogens is 346 g/mol. The van der Waals surface area contributed by atoms with Crippen molar-refractivity contribution in [2.75, 3.05) is 43.5 Å². The van der Waals surface area contributed by atoms with Crippen LogP contribution in [0.3, 0.4) is 0 Å². The van der Waals surface area contributed by atoms with Crippen LogP contribution in [0, 0.1) is 0 Å². The van der Waals surface area contributed by atoms with E-state index in [0.717, 1.165) is 24.5 Å². The molecule has 8 nitrogen and oxygen atoms in total. The highest BCUT2D eigenvalue weighted by Gasteiger charge is 2.22. The maximum atomic E-state index is 12.5. The average Bonchev–Trinajstić information content (AvgIpc) is 2.69. The molecule has 1 aliphatic heterocycles. The van der Waals surface area contributed by atoms with Gasteiger partial charge >= 0.3 is 6.03 Å². The summed E-state index contributed by atoms with van der Waals surface area (Å²) in [5, 5.41) is 10.7. The van der Waals surface area contributed by atoms with Crippen molar-refractivity contribution in [2.45, 2.75) is 20.0 Å². The number of ether oxygens (including phenoxy) is 2. The van der Waals surface area contributed by atoms with Gasteiger partial charge in [0.1, 0.15) is 5.75 Å². The molecule has 0 atom stereocenters. The predicted molar refractivity (Wildman–Crippen MR) is 104 cm³/mol. The Balaban J connectivity index is 1.52. The van der Waals surface area contributed by atoms with E-state index < -0.39 is 0 Å². The van der Waals surface area contributed by atoms with E-state index in [9.17, 15) is 4.79 Å². The summed E-state index contributed by atoms with van der Waals surface area (Å²) < 4.78 is 10.7. The fourth-order valence-corrected chi connectivity index (χ4v) is 2.85. The van der Waals surface area contributed by atoms with Gasteiger partial charge in [-0.05, 0) is 32.0 Å². The molecule has 2 aromatic rings. The third-order valence-electron chi connectivity index (χ3n) is 4.22. The first kappa shape index (κ1) is 18.8. The second kappa shape index (κ2) is 8.57. The lowest BCUT2D eigenvalue weighted by molar-refractivity contribution is 0.208. The lowest BCUT2D eigenvalue weighted by Crippen LogP contribution is -2.50. The van der Waals surface area contributed by atoms with Gasteiger partial charge < -0.3 is 19.3 Å². The summed E-state index contributed by atoms with van der Waals surface area (Å²) in [7, 11) is 1.66. The minimum Gasteiger partial charge on any atom is -0.497 e. The molecule has 2 heterocycles. The number of carbonyl (C=O) groups is 1. The van der Waals surface area contributed by atoms with Gasteiger partial charge in [-0.15, -0.1) is 10.2 Å².